The number of rotatable bonds is 7. The van der Waals surface area contributed by atoms with Crippen LogP contribution in [0.3, 0.4) is 0 Å². The number of halogens is 4. The number of piperidine rings is 1. The number of carbonyl (C=O) groups is 2. The molecule has 1 unspecified atom stereocenters. The van der Waals surface area contributed by atoms with E-state index < -0.39 is 31.3 Å². The number of methoxy groups -OCH3 is 1. The fourth-order valence-corrected chi connectivity index (χ4v) is 7.44. The van der Waals surface area contributed by atoms with Gasteiger partial charge in [-0.05, 0) is 78.9 Å². The third-order valence-corrected chi connectivity index (χ3v) is 12.3. The van der Waals surface area contributed by atoms with E-state index in [0.717, 1.165) is 16.7 Å². The number of amides is 2. The average molecular weight is 678 g/mol. The van der Waals surface area contributed by atoms with Crippen molar-refractivity contribution >= 4 is 60.4 Å². The molecule has 2 aliphatic rings. The van der Waals surface area contributed by atoms with Gasteiger partial charge in [0.2, 0.25) is 11.8 Å². The number of hydrogen-bond donors (Lipinski definition) is 1. The molecule has 10 heteroatoms. The van der Waals surface area contributed by atoms with E-state index in [-0.39, 0.29) is 18.2 Å². The Hall–Kier alpha value is -2.42. The highest BCUT2D eigenvalue weighted by Crippen LogP contribution is 2.60. The summed E-state index contributed by atoms with van der Waals surface area (Å²) in [5, 5.41) is 4.01. The van der Waals surface area contributed by atoms with Gasteiger partial charge >= 0.3 is 0 Å². The minimum Gasteiger partial charge on any atom is -0.385 e. The molecule has 1 fully saturated rings. The highest BCUT2D eigenvalue weighted by atomic mass is 35.5. The third kappa shape index (κ3) is 6.73. The van der Waals surface area contributed by atoms with Crippen molar-refractivity contribution in [2.45, 2.75) is 69.4 Å². The van der Waals surface area contributed by atoms with Gasteiger partial charge in [-0.25, -0.2) is 4.39 Å². The van der Waals surface area contributed by atoms with E-state index in [4.69, 9.17) is 39.5 Å². The van der Waals surface area contributed by atoms with Crippen molar-refractivity contribution in [3.63, 3.8) is 0 Å². The summed E-state index contributed by atoms with van der Waals surface area (Å²) in [6.07, 6.45) is 0.619. The molecule has 0 bridgehead atoms. The molecule has 0 aliphatic carbocycles. The largest absolute Gasteiger partial charge is 0.385 e. The number of alkyl halides is 1. The zero-order chi connectivity index (χ0) is 32.4. The number of anilines is 1. The second kappa shape index (κ2) is 13.9. The van der Waals surface area contributed by atoms with Gasteiger partial charge in [0.1, 0.15) is 11.2 Å². The van der Waals surface area contributed by atoms with Crippen LogP contribution < -0.4 is 5.32 Å². The third-order valence-electron chi connectivity index (χ3n) is 8.94. The Kier molecular flexibility index (Phi) is 10.9. The molecule has 236 valence electrons. The maximum absolute atomic E-state index is 14.7. The van der Waals surface area contributed by atoms with E-state index in [2.05, 4.69) is 31.9 Å². The van der Waals surface area contributed by atoms with Crippen LogP contribution >= 0.6 is 34.8 Å². The fraction of sp³-hybridized carbons (Fsp3) is 0.412. The van der Waals surface area contributed by atoms with Gasteiger partial charge in [-0.2, -0.15) is 0 Å². The molecule has 5 nitrogen and oxygen atoms in total. The second-order valence-corrected chi connectivity index (χ2v) is 19.4. The van der Waals surface area contributed by atoms with E-state index >= 15 is 0 Å². The van der Waals surface area contributed by atoms with Crippen molar-refractivity contribution in [3.05, 3.63) is 98.8 Å². The SMILES string of the molecule is COC(C)[Si](C)(C)C.Cc1ccc(F)cc1[C@H]1N(CCCCl)C(=O)C[C@@H](c2cccc(Cl)c2)[C@]12C(=O)Nc1cc(Cl)ccc12. The number of hydrogen-bond acceptors (Lipinski definition) is 3. The van der Waals surface area contributed by atoms with Crippen LogP contribution in [0.15, 0.2) is 60.7 Å². The molecular weight excluding hydrogens is 638 g/mol. The summed E-state index contributed by atoms with van der Waals surface area (Å²) < 4.78 is 19.9. The Morgan fingerprint density at radius 3 is 2.39 bits per heavy atom. The van der Waals surface area contributed by atoms with Gasteiger partial charge in [0.25, 0.3) is 0 Å². The Morgan fingerprint density at radius 1 is 1.07 bits per heavy atom. The number of carbonyl (C=O) groups excluding carboxylic acids is 2. The number of nitrogens with one attached hydrogen (secondary N) is 1. The van der Waals surface area contributed by atoms with Crippen LogP contribution in [0.5, 0.6) is 0 Å². The number of ether oxygens (including phenoxy) is 1. The molecule has 3 aromatic rings. The van der Waals surface area contributed by atoms with Crippen LogP contribution in [0.25, 0.3) is 0 Å². The summed E-state index contributed by atoms with van der Waals surface area (Å²) in [6.45, 7) is 11.3. The fourth-order valence-electron chi connectivity index (χ4n) is 6.24. The highest BCUT2D eigenvalue weighted by molar-refractivity contribution is 6.77. The lowest BCUT2D eigenvalue weighted by molar-refractivity contribution is -0.145. The van der Waals surface area contributed by atoms with Gasteiger partial charge in [0, 0.05) is 53.3 Å². The van der Waals surface area contributed by atoms with E-state index in [1.165, 1.54) is 12.1 Å². The van der Waals surface area contributed by atoms with Crippen molar-refractivity contribution in [2.75, 3.05) is 24.9 Å². The molecule has 3 aromatic carbocycles. The molecule has 2 aliphatic heterocycles. The molecule has 0 aromatic heterocycles. The Labute approximate surface area is 276 Å². The molecule has 1 N–H and O–H groups in total. The number of likely N-dealkylation sites (tertiary alicyclic amines) is 1. The number of benzene rings is 3. The van der Waals surface area contributed by atoms with Gasteiger partial charge in [-0.3, -0.25) is 9.59 Å². The maximum atomic E-state index is 14.7. The van der Waals surface area contributed by atoms with Crippen LogP contribution in [0.4, 0.5) is 10.1 Å². The standard InChI is InChI=1S/C28H24Cl3FN2O2.C6H16OSi/c1-16-6-8-20(32)14-21(16)26-28(22-9-7-19(31)13-24(22)33-27(28)36)23(17-4-2-5-18(30)12-17)15-25(35)34(26)11-3-10-29;1-6(7-2)8(3,4)5/h2,4-9,12-14,23,26H,3,10-11,15H2,1H3,(H,33,36);6H,1-5H3/t23-,26+,28-;/m0./s1. The predicted octanol–water partition coefficient (Wildman–Crippen LogP) is 8.92. The maximum Gasteiger partial charge on any atom is 0.238 e. The Bertz CT molecular complexity index is 1530. The molecular formula is C34H40Cl3FN2O3Si. The Morgan fingerprint density at radius 2 is 1.77 bits per heavy atom. The highest BCUT2D eigenvalue weighted by Gasteiger charge is 2.63. The van der Waals surface area contributed by atoms with E-state index in [1.807, 2.05) is 25.1 Å². The summed E-state index contributed by atoms with van der Waals surface area (Å²) in [6, 6.07) is 16.3. The minimum atomic E-state index is -1.25. The van der Waals surface area contributed by atoms with Gasteiger partial charge in [-0.15, -0.1) is 11.6 Å². The summed E-state index contributed by atoms with van der Waals surface area (Å²) in [5.74, 6) is -1.02. The quantitative estimate of drug-likeness (QED) is 0.201. The second-order valence-electron chi connectivity index (χ2n) is 12.6. The zero-order valence-corrected chi connectivity index (χ0v) is 29.3. The van der Waals surface area contributed by atoms with Crippen molar-refractivity contribution in [1.82, 2.24) is 4.90 Å². The topological polar surface area (TPSA) is 58.6 Å². The van der Waals surface area contributed by atoms with Crippen LogP contribution in [0, 0.1) is 12.7 Å². The normalized spacial score (nSPS) is 21.9. The first-order chi connectivity index (χ1) is 20.7. The molecule has 1 spiro atoms. The van der Waals surface area contributed by atoms with Gasteiger partial charge in [0.15, 0.2) is 0 Å². The number of fused-ring (bicyclic) bond motifs is 2. The van der Waals surface area contributed by atoms with Gasteiger partial charge < -0.3 is 15.0 Å². The molecule has 0 saturated carbocycles. The molecule has 5 rings (SSSR count). The summed E-state index contributed by atoms with van der Waals surface area (Å²) in [7, 11) is 0.798. The molecule has 0 radical (unpaired) electrons. The van der Waals surface area contributed by atoms with E-state index in [0.29, 0.717) is 45.9 Å². The summed E-state index contributed by atoms with van der Waals surface area (Å²) >= 11 is 18.7. The molecule has 4 atom stereocenters. The van der Waals surface area contributed by atoms with Crippen molar-refractivity contribution in [3.8, 4) is 0 Å². The summed E-state index contributed by atoms with van der Waals surface area (Å²) in [4.78, 5) is 29.7. The Balaban J connectivity index is 0.000000488. The molecule has 1 saturated heterocycles. The predicted molar refractivity (Wildman–Crippen MR) is 181 cm³/mol. The lowest BCUT2D eigenvalue weighted by Crippen LogP contribution is -2.58. The summed E-state index contributed by atoms with van der Waals surface area (Å²) in [5.41, 5.74) is 2.69. The van der Waals surface area contributed by atoms with Crippen LogP contribution in [0.1, 0.15) is 54.0 Å². The lowest BCUT2D eigenvalue weighted by Gasteiger charge is -2.52. The monoisotopic (exact) mass is 676 g/mol. The molecule has 2 heterocycles. The van der Waals surface area contributed by atoms with Crippen molar-refractivity contribution in [2.24, 2.45) is 0 Å². The zero-order valence-electron chi connectivity index (χ0n) is 26.0. The van der Waals surface area contributed by atoms with E-state index in [9.17, 15) is 14.0 Å². The number of nitrogens with zero attached hydrogens (tertiary/aromatic N) is 1. The van der Waals surface area contributed by atoms with E-state index in [1.54, 1.807) is 42.3 Å². The lowest BCUT2D eigenvalue weighted by atomic mass is 9.58. The van der Waals surface area contributed by atoms with Crippen LogP contribution in [0.2, 0.25) is 29.7 Å². The first kappa shape index (κ1) is 34.5. The average Bonchev–Trinajstić information content (AvgIpc) is 3.24. The smallest absolute Gasteiger partial charge is 0.238 e. The van der Waals surface area contributed by atoms with Gasteiger partial charge in [-0.1, -0.05) is 67.1 Å². The molecule has 44 heavy (non-hydrogen) atoms. The minimum absolute atomic E-state index is 0.0863. The van der Waals surface area contributed by atoms with Gasteiger partial charge in [0.05, 0.1) is 14.1 Å². The first-order valence-electron chi connectivity index (χ1n) is 14.8. The van der Waals surface area contributed by atoms with Crippen molar-refractivity contribution < 1.29 is 18.7 Å². The number of aryl methyl sites for hydroxylation is 1. The molecule has 2 amide bonds. The van der Waals surface area contributed by atoms with Crippen LogP contribution in [-0.2, 0) is 19.7 Å². The first-order valence-corrected chi connectivity index (χ1v) is 19.6. The van der Waals surface area contributed by atoms with Crippen LogP contribution in [-0.4, -0.2) is 50.0 Å². The van der Waals surface area contributed by atoms with Crippen molar-refractivity contribution in [1.29, 1.82) is 0 Å².